The topological polar surface area (TPSA) is 25.4 Å². The lowest BCUT2D eigenvalue weighted by molar-refractivity contribution is -0.00600. The van der Waals surface area contributed by atoms with Gasteiger partial charge >= 0.3 is 0 Å². The molecular formula is C19H25ClN2OS. The molecule has 1 aliphatic rings. The third-order valence-electron chi connectivity index (χ3n) is 4.23. The van der Waals surface area contributed by atoms with Gasteiger partial charge in [-0.15, -0.1) is 11.3 Å². The summed E-state index contributed by atoms with van der Waals surface area (Å²) in [6, 6.07) is 7.89. The fourth-order valence-electron chi connectivity index (χ4n) is 2.90. The Hall–Kier alpha value is -0.940. The van der Waals surface area contributed by atoms with Crippen molar-refractivity contribution in [3.05, 3.63) is 40.4 Å². The fraction of sp³-hybridized carbons (Fsp3) is 0.526. The molecule has 1 aromatic carbocycles. The van der Waals surface area contributed by atoms with Gasteiger partial charge < -0.3 is 4.74 Å². The second-order valence-corrected chi connectivity index (χ2v) is 8.15. The van der Waals surface area contributed by atoms with Crippen LogP contribution in [-0.4, -0.2) is 35.7 Å². The van der Waals surface area contributed by atoms with E-state index in [-0.39, 0.29) is 0 Å². The van der Waals surface area contributed by atoms with Crippen LogP contribution in [0.5, 0.6) is 0 Å². The first-order chi connectivity index (χ1) is 11.6. The maximum Gasteiger partial charge on any atom is 0.123 e. The maximum atomic E-state index is 5.96. The highest BCUT2D eigenvalue weighted by Crippen LogP contribution is 2.26. The Bertz CT molecular complexity index is 633. The molecule has 1 aromatic heterocycles. The van der Waals surface area contributed by atoms with E-state index in [0.717, 1.165) is 60.4 Å². The van der Waals surface area contributed by atoms with Gasteiger partial charge in [0.1, 0.15) is 5.01 Å². The quantitative estimate of drug-likeness (QED) is 0.712. The van der Waals surface area contributed by atoms with Gasteiger partial charge in [-0.25, -0.2) is 4.98 Å². The number of aromatic nitrogens is 1. The van der Waals surface area contributed by atoms with Crippen molar-refractivity contribution in [3.8, 4) is 10.6 Å². The molecule has 130 valence electrons. The molecule has 0 unspecified atom stereocenters. The Kier molecular flexibility index (Phi) is 6.28. The van der Waals surface area contributed by atoms with E-state index in [1.54, 1.807) is 11.3 Å². The molecule has 0 spiro atoms. The van der Waals surface area contributed by atoms with Crippen LogP contribution < -0.4 is 0 Å². The van der Waals surface area contributed by atoms with Gasteiger partial charge in [0.05, 0.1) is 11.8 Å². The molecule has 24 heavy (non-hydrogen) atoms. The monoisotopic (exact) mass is 364 g/mol. The fourth-order valence-corrected chi connectivity index (χ4v) is 3.84. The molecule has 2 heterocycles. The molecular weight excluding hydrogens is 340 g/mol. The van der Waals surface area contributed by atoms with E-state index >= 15 is 0 Å². The van der Waals surface area contributed by atoms with Crippen LogP contribution in [0, 0.1) is 5.92 Å². The number of ether oxygens (including phenoxy) is 1. The molecule has 1 fully saturated rings. The van der Waals surface area contributed by atoms with E-state index in [0.29, 0.717) is 12.0 Å². The van der Waals surface area contributed by atoms with Crippen molar-refractivity contribution in [3.63, 3.8) is 0 Å². The number of nitrogens with zero attached hydrogens (tertiary/aromatic N) is 2. The molecule has 0 atom stereocenters. The highest BCUT2D eigenvalue weighted by Gasteiger charge is 2.20. The van der Waals surface area contributed by atoms with Crippen molar-refractivity contribution in [2.75, 3.05) is 19.7 Å². The zero-order valence-corrected chi connectivity index (χ0v) is 15.9. The van der Waals surface area contributed by atoms with Crippen LogP contribution in [0.15, 0.2) is 29.6 Å². The highest BCUT2D eigenvalue weighted by atomic mass is 35.5. The number of halogens is 1. The maximum absolute atomic E-state index is 5.96. The Morgan fingerprint density at radius 3 is 2.62 bits per heavy atom. The zero-order valence-electron chi connectivity index (χ0n) is 14.4. The zero-order chi connectivity index (χ0) is 16.9. The van der Waals surface area contributed by atoms with E-state index in [2.05, 4.69) is 24.1 Å². The van der Waals surface area contributed by atoms with E-state index in [9.17, 15) is 0 Å². The lowest BCUT2D eigenvalue weighted by Gasteiger charge is -2.31. The average Bonchev–Trinajstić information content (AvgIpc) is 3.03. The van der Waals surface area contributed by atoms with Gasteiger partial charge in [-0.2, -0.15) is 0 Å². The van der Waals surface area contributed by atoms with E-state index in [1.165, 1.54) is 0 Å². The minimum absolute atomic E-state index is 0.434. The summed E-state index contributed by atoms with van der Waals surface area (Å²) in [4.78, 5) is 7.27. The van der Waals surface area contributed by atoms with Crippen molar-refractivity contribution in [1.29, 1.82) is 0 Å². The normalized spacial score (nSPS) is 16.8. The molecule has 5 heteroatoms. The molecule has 3 nitrogen and oxygen atoms in total. The van der Waals surface area contributed by atoms with Gasteiger partial charge in [-0.05, 0) is 30.9 Å². The summed E-state index contributed by atoms with van der Waals surface area (Å²) in [7, 11) is 0. The van der Waals surface area contributed by atoms with E-state index in [4.69, 9.17) is 21.3 Å². The van der Waals surface area contributed by atoms with Gasteiger partial charge in [-0.3, -0.25) is 4.90 Å². The molecule has 2 aromatic rings. The first-order valence-electron chi connectivity index (χ1n) is 8.64. The molecule has 0 radical (unpaired) electrons. The SMILES string of the molecule is CC(C)COC1CCN(Cc2csc(-c3ccc(Cl)cc3)n2)CC1. The Balaban J connectivity index is 1.50. The standard InChI is InChI=1S/C19H25ClN2OS/c1-14(2)12-23-18-7-9-22(10-8-18)11-17-13-24-19(21-17)15-3-5-16(20)6-4-15/h3-6,13-14,18H,7-12H2,1-2H3. The second kappa shape index (κ2) is 8.43. The lowest BCUT2D eigenvalue weighted by Crippen LogP contribution is -2.37. The molecule has 0 saturated carbocycles. The van der Waals surface area contributed by atoms with E-state index < -0.39 is 0 Å². The van der Waals surface area contributed by atoms with Gasteiger partial charge in [0.2, 0.25) is 0 Å². The molecule has 1 saturated heterocycles. The third-order valence-corrected chi connectivity index (χ3v) is 5.42. The largest absolute Gasteiger partial charge is 0.378 e. The van der Waals surface area contributed by atoms with Crippen LogP contribution >= 0.6 is 22.9 Å². The average molecular weight is 365 g/mol. The molecule has 1 aliphatic heterocycles. The summed E-state index contributed by atoms with van der Waals surface area (Å²) < 4.78 is 5.96. The molecule has 0 N–H and O–H groups in total. The molecule has 3 rings (SSSR count). The van der Waals surface area contributed by atoms with Gasteiger partial charge in [0.15, 0.2) is 0 Å². The summed E-state index contributed by atoms with van der Waals surface area (Å²) in [6.07, 6.45) is 2.69. The van der Waals surface area contributed by atoms with Crippen molar-refractivity contribution in [2.45, 2.75) is 39.3 Å². The van der Waals surface area contributed by atoms with Crippen molar-refractivity contribution in [2.24, 2.45) is 5.92 Å². The van der Waals surface area contributed by atoms with Gasteiger partial charge in [-0.1, -0.05) is 37.6 Å². The number of likely N-dealkylation sites (tertiary alicyclic amines) is 1. The van der Waals surface area contributed by atoms with E-state index in [1.807, 2.05) is 24.3 Å². The first kappa shape index (κ1) is 17.9. The smallest absolute Gasteiger partial charge is 0.123 e. The number of hydrogen-bond acceptors (Lipinski definition) is 4. The minimum Gasteiger partial charge on any atom is -0.378 e. The summed E-state index contributed by atoms with van der Waals surface area (Å²) >= 11 is 7.65. The summed E-state index contributed by atoms with van der Waals surface area (Å²) in [5.41, 5.74) is 2.29. The number of rotatable bonds is 6. The molecule has 0 aliphatic carbocycles. The predicted octanol–water partition coefficient (Wildman–Crippen LogP) is 5.10. The van der Waals surface area contributed by atoms with Crippen molar-refractivity contribution < 1.29 is 4.74 Å². The van der Waals surface area contributed by atoms with Crippen LogP contribution in [0.2, 0.25) is 5.02 Å². The third kappa shape index (κ3) is 5.03. The highest BCUT2D eigenvalue weighted by molar-refractivity contribution is 7.13. The Labute approximate surface area is 153 Å². The van der Waals surface area contributed by atoms with Gasteiger partial charge in [0, 0.05) is 42.2 Å². The Morgan fingerprint density at radius 1 is 1.25 bits per heavy atom. The van der Waals surface area contributed by atoms with Crippen LogP contribution in [0.4, 0.5) is 0 Å². The predicted molar refractivity (Wildman–Crippen MR) is 102 cm³/mol. The summed E-state index contributed by atoms with van der Waals surface area (Å²) in [6.45, 7) is 8.40. The first-order valence-corrected chi connectivity index (χ1v) is 9.90. The molecule has 0 bridgehead atoms. The lowest BCUT2D eigenvalue weighted by atomic mass is 10.1. The number of benzene rings is 1. The second-order valence-electron chi connectivity index (χ2n) is 6.85. The minimum atomic E-state index is 0.434. The number of hydrogen-bond donors (Lipinski definition) is 0. The number of thiazole rings is 1. The number of piperidine rings is 1. The molecule has 0 amide bonds. The van der Waals surface area contributed by atoms with Crippen molar-refractivity contribution in [1.82, 2.24) is 9.88 Å². The summed E-state index contributed by atoms with van der Waals surface area (Å²) in [5, 5.41) is 4.00. The van der Waals surface area contributed by atoms with Crippen LogP contribution in [0.1, 0.15) is 32.4 Å². The van der Waals surface area contributed by atoms with Crippen molar-refractivity contribution >= 4 is 22.9 Å². The summed E-state index contributed by atoms with van der Waals surface area (Å²) in [5.74, 6) is 0.615. The van der Waals surface area contributed by atoms with Crippen LogP contribution in [0.25, 0.3) is 10.6 Å². The van der Waals surface area contributed by atoms with Gasteiger partial charge in [0.25, 0.3) is 0 Å². The van der Waals surface area contributed by atoms with Crippen LogP contribution in [0.3, 0.4) is 0 Å². The van der Waals surface area contributed by atoms with Crippen LogP contribution in [-0.2, 0) is 11.3 Å². The Morgan fingerprint density at radius 2 is 1.96 bits per heavy atom.